The Kier molecular flexibility index (Phi) is 5.21. The zero-order valence-electron chi connectivity index (χ0n) is 14.1. The molecular weight excluding hydrogens is 258 g/mol. The van der Waals surface area contributed by atoms with Crippen LogP contribution in [0.3, 0.4) is 0 Å². The number of aryl methyl sites for hydroxylation is 2. The van der Waals surface area contributed by atoms with Crippen LogP contribution in [0.2, 0.25) is 0 Å². The van der Waals surface area contributed by atoms with Gasteiger partial charge in [0.05, 0.1) is 6.04 Å². The first-order valence-corrected chi connectivity index (χ1v) is 8.27. The third-order valence-electron chi connectivity index (χ3n) is 4.52. The van der Waals surface area contributed by atoms with Crippen LogP contribution >= 0.6 is 0 Å². The SMILES string of the molecule is Cc1ccc(C)c(C(=O)C(C)N(CCC(C)C)C2CC2)c1. The quantitative estimate of drug-likeness (QED) is 0.693. The summed E-state index contributed by atoms with van der Waals surface area (Å²) in [5.74, 6) is 0.973. The van der Waals surface area contributed by atoms with Crippen LogP contribution in [0.1, 0.15) is 61.5 Å². The van der Waals surface area contributed by atoms with Crippen LogP contribution in [0.25, 0.3) is 0 Å². The molecule has 0 heterocycles. The summed E-state index contributed by atoms with van der Waals surface area (Å²) in [5.41, 5.74) is 3.16. The summed E-state index contributed by atoms with van der Waals surface area (Å²) in [5, 5.41) is 0. The van der Waals surface area contributed by atoms with Crippen molar-refractivity contribution < 1.29 is 4.79 Å². The molecule has 1 fully saturated rings. The molecule has 0 aliphatic heterocycles. The van der Waals surface area contributed by atoms with E-state index in [9.17, 15) is 4.79 Å². The van der Waals surface area contributed by atoms with Crippen molar-refractivity contribution in [2.24, 2.45) is 5.92 Å². The van der Waals surface area contributed by atoms with E-state index in [0.717, 1.165) is 23.2 Å². The molecule has 0 N–H and O–H groups in total. The lowest BCUT2D eigenvalue weighted by Crippen LogP contribution is -2.41. The molecule has 116 valence electrons. The summed E-state index contributed by atoms with van der Waals surface area (Å²) in [4.78, 5) is 15.3. The lowest BCUT2D eigenvalue weighted by atomic mass is 9.97. The molecule has 2 heteroatoms. The van der Waals surface area contributed by atoms with E-state index in [2.05, 4.69) is 44.7 Å². The molecule has 1 atom stereocenters. The van der Waals surface area contributed by atoms with Gasteiger partial charge in [0.1, 0.15) is 0 Å². The van der Waals surface area contributed by atoms with Crippen molar-refractivity contribution >= 4 is 5.78 Å². The third kappa shape index (κ3) is 4.16. The third-order valence-corrected chi connectivity index (χ3v) is 4.52. The van der Waals surface area contributed by atoms with Gasteiger partial charge in [-0.15, -0.1) is 0 Å². The highest BCUT2D eigenvalue weighted by atomic mass is 16.1. The minimum absolute atomic E-state index is 0.00301. The van der Waals surface area contributed by atoms with Crippen LogP contribution in [0.4, 0.5) is 0 Å². The largest absolute Gasteiger partial charge is 0.292 e. The molecule has 0 bridgehead atoms. The average molecular weight is 287 g/mol. The lowest BCUT2D eigenvalue weighted by molar-refractivity contribution is 0.0817. The van der Waals surface area contributed by atoms with Crippen molar-refractivity contribution in [3.63, 3.8) is 0 Å². The second-order valence-electron chi connectivity index (χ2n) is 7.01. The lowest BCUT2D eigenvalue weighted by Gasteiger charge is -2.29. The molecule has 0 amide bonds. The Bertz CT molecular complexity index is 502. The van der Waals surface area contributed by atoms with Crippen LogP contribution < -0.4 is 0 Å². The molecule has 1 aliphatic rings. The predicted octanol–water partition coefficient (Wildman–Crippen LogP) is 4.39. The van der Waals surface area contributed by atoms with Gasteiger partial charge in [0.25, 0.3) is 0 Å². The maximum absolute atomic E-state index is 12.9. The van der Waals surface area contributed by atoms with Gasteiger partial charge in [-0.05, 0) is 64.1 Å². The van der Waals surface area contributed by atoms with E-state index in [-0.39, 0.29) is 11.8 Å². The first-order chi connectivity index (χ1) is 9.90. The zero-order valence-corrected chi connectivity index (χ0v) is 14.1. The number of benzene rings is 1. The Hall–Kier alpha value is -1.15. The zero-order chi connectivity index (χ0) is 15.6. The van der Waals surface area contributed by atoms with E-state index in [0.29, 0.717) is 12.0 Å². The smallest absolute Gasteiger partial charge is 0.179 e. The Morgan fingerprint density at radius 2 is 1.90 bits per heavy atom. The summed E-state index contributed by atoms with van der Waals surface area (Å²) in [7, 11) is 0. The monoisotopic (exact) mass is 287 g/mol. The summed E-state index contributed by atoms with van der Waals surface area (Å²) in [6.45, 7) is 11.7. The van der Waals surface area contributed by atoms with Crippen LogP contribution in [0.15, 0.2) is 18.2 Å². The number of hydrogen-bond acceptors (Lipinski definition) is 2. The molecular formula is C19H29NO. The molecule has 1 unspecified atom stereocenters. The average Bonchev–Trinajstić information content (AvgIpc) is 3.25. The second-order valence-corrected chi connectivity index (χ2v) is 7.01. The number of carbonyl (C=O) groups excluding carboxylic acids is 1. The van der Waals surface area contributed by atoms with Crippen molar-refractivity contribution in [1.82, 2.24) is 4.90 Å². The number of rotatable bonds is 7. The van der Waals surface area contributed by atoms with Crippen LogP contribution in [0, 0.1) is 19.8 Å². The molecule has 1 aromatic rings. The van der Waals surface area contributed by atoms with E-state index >= 15 is 0 Å². The number of Topliss-reactive ketones (excluding diaryl/α,β-unsaturated/α-hetero) is 1. The fourth-order valence-corrected chi connectivity index (χ4v) is 2.88. The Morgan fingerprint density at radius 3 is 2.48 bits per heavy atom. The topological polar surface area (TPSA) is 20.3 Å². The minimum atomic E-state index is -0.00301. The van der Waals surface area contributed by atoms with Gasteiger partial charge in [0, 0.05) is 11.6 Å². The Morgan fingerprint density at radius 1 is 1.24 bits per heavy atom. The molecule has 1 aromatic carbocycles. The first-order valence-electron chi connectivity index (χ1n) is 8.27. The second kappa shape index (κ2) is 6.74. The maximum Gasteiger partial charge on any atom is 0.179 e. The van der Waals surface area contributed by atoms with Crippen molar-refractivity contribution in [3.05, 3.63) is 34.9 Å². The predicted molar refractivity (Wildman–Crippen MR) is 88.9 cm³/mol. The van der Waals surface area contributed by atoms with E-state index < -0.39 is 0 Å². The summed E-state index contributed by atoms with van der Waals surface area (Å²) < 4.78 is 0. The molecule has 0 radical (unpaired) electrons. The van der Waals surface area contributed by atoms with Crippen molar-refractivity contribution in [3.8, 4) is 0 Å². The van der Waals surface area contributed by atoms with Gasteiger partial charge >= 0.3 is 0 Å². The number of nitrogens with zero attached hydrogens (tertiary/aromatic N) is 1. The van der Waals surface area contributed by atoms with Gasteiger partial charge in [-0.2, -0.15) is 0 Å². The normalized spacial score (nSPS) is 16.5. The summed E-state index contributed by atoms with van der Waals surface area (Å²) in [6.07, 6.45) is 3.67. The summed E-state index contributed by atoms with van der Waals surface area (Å²) in [6, 6.07) is 6.81. The molecule has 1 saturated carbocycles. The van der Waals surface area contributed by atoms with E-state index in [1.165, 1.54) is 19.3 Å². The molecule has 0 spiro atoms. The van der Waals surface area contributed by atoms with E-state index in [4.69, 9.17) is 0 Å². The minimum Gasteiger partial charge on any atom is -0.292 e. The number of hydrogen-bond donors (Lipinski definition) is 0. The standard InChI is InChI=1S/C19H29NO/c1-13(2)10-11-20(17-8-9-17)16(5)19(21)18-12-14(3)6-7-15(18)4/h6-7,12-13,16-17H,8-11H2,1-5H3. The first kappa shape index (κ1) is 16.2. The highest BCUT2D eigenvalue weighted by molar-refractivity contribution is 6.01. The van der Waals surface area contributed by atoms with E-state index in [1.807, 2.05) is 13.0 Å². The molecule has 2 rings (SSSR count). The highest BCUT2D eigenvalue weighted by Gasteiger charge is 2.35. The van der Waals surface area contributed by atoms with Crippen LogP contribution in [-0.2, 0) is 0 Å². The van der Waals surface area contributed by atoms with Crippen molar-refractivity contribution in [2.45, 2.75) is 66.0 Å². The van der Waals surface area contributed by atoms with Crippen LogP contribution in [-0.4, -0.2) is 29.3 Å². The fourth-order valence-electron chi connectivity index (χ4n) is 2.88. The molecule has 2 nitrogen and oxygen atoms in total. The molecule has 0 saturated heterocycles. The molecule has 21 heavy (non-hydrogen) atoms. The van der Waals surface area contributed by atoms with Gasteiger partial charge < -0.3 is 0 Å². The van der Waals surface area contributed by atoms with Gasteiger partial charge in [0.2, 0.25) is 0 Å². The Labute approximate surface area is 129 Å². The Balaban J connectivity index is 2.13. The van der Waals surface area contributed by atoms with Gasteiger partial charge in [0.15, 0.2) is 5.78 Å². The summed E-state index contributed by atoms with van der Waals surface area (Å²) >= 11 is 0. The number of ketones is 1. The van der Waals surface area contributed by atoms with Crippen molar-refractivity contribution in [2.75, 3.05) is 6.54 Å². The fraction of sp³-hybridized carbons (Fsp3) is 0.632. The molecule has 1 aliphatic carbocycles. The maximum atomic E-state index is 12.9. The molecule has 0 aromatic heterocycles. The van der Waals surface area contributed by atoms with Crippen molar-refractivity contribution in [1.29, 1.82) is 0 Å². The van der Waals surface area contributed by atoms with E-state index in [1.54, 1.807) is 0 Å². The van der Waals surface area contributed by atoms with Gasteiger partial charge in [-0.1, -0.05) is 31.5 Å². The van der Waals surface area contributed by atoms with Gasteiger partial charge in [-0.3, -0.25) is 9.69 Å². The van der Waals surface area contributed by atoms with Gasteiger partial charge in [-0.25, -0.2) is 0 Å². The number of carbonyl (C=O) groups is 1. The van der Waals surface area contributed by atoms with Crippen LogP contribution in [0.5, 0.6) is 0 Å². The highest BCUT2D eigenvalue weighted by Crippen LogP contribution is 2.30.